The molecule has 6 heteroatoms. The normalized spacial score (nSPS) is 24.9. The van der Waals surface area contributed by atoms with Crippen molar-refractivity contribution in [2.75, 3.05) is 13.7 Å². The standard InChI is InChI=1S/C17H22N2O4/c1-23-16-8-19(14(10-20)6-15(16)21)9-17(22)18-7-13-5-11-2-3-12(13)4-11/h2-3,6,8,11-13,20H,4-5,7,9-10H2,1H3,(H,18,22). The quantitative estimate of drug-likeness (QED) is 0.756. The third-order valence-electron chi connectivity index (χ3n) is 4.86. The van der Waals surface area contributed by atoms with Crippen molar-refractivity contribution in [2.24, 2.45) is 17.8 Å². The van der Waals surface area contributed by atoms with E-state index in [2.05, 4.69) is 17.5 Å². The third kappa shape index (κ3) is 3.32. The molecule has 3 rings (SSSR count). The number of allylic oxidation sites excluding steroid dienone is 2. The van der Waals surface area contributed by atoms with E-state index >= 15 is 0 Å². The summed E-state index contributed by atoms with van der Waals surface area (Å²) in [7, 11) is 1.41. The average molecular weight is 318 g/mol. The summed E-state index contributed by atoms with van der Waals surface area (Å²) in [6.07, 6.45) is 8.37. The van der Waals surface area contributed by atoms with Crippen LogP contribution in [0, 0.1) is 17.8 Å². The zero-order valence-electron chi connectivity index (χ0n) is 13.2. The molecule has 2 aliphatic rings. The van der Waals surface area contributed by atoms with Crippen LogP contribution < -0.4 is 15.5 Å². The van der Waals surface area contributed by atoms with Gasteiger partial charge < -0.3 is 19.7 Å². The maximum Gasteiger partial charge on any atom is 0.239 e. The molecule has 124 valence electrons. The Balaban J connectivity index is 1.61. The van der Waals surface area contributed by atoms with Crippen LogP contribution in [-0.2, 0) is 17.9 Å². The molecule has 2 aliphatic carbocycles. The maximum absolute atomic E-state index is 12.2. The Labute approximate surface area is 134 Å². The second-order valence-electron chi connectivity index (χ2n) is 6.33. The summed E-state index contributed by atoms with van der Waals surface area (Å²) in [6.45, 7) is 0.434. The van der Waals surface area contributed by atoms with Crippen molar-refractivity contribution in [1.29, 1.82) is 0 Å². The fraction of sp³-hybridized carbons (Fsp3) is 0.529. The number of carbonyl (C=O) groups excluding carboxylic acids is 1. The lowest BCUT2D eigenvalue weighted by Gasteiger charge is -2.19. The minimum absolute atomic E-state index is 0.0587. The van der Waals surface area contributed by atoms with Crippen LogP contribution in [0.3, 0.4) is 0 Å². The van der Waals surface area contributed by atoms with Crippen LogP contribution >= 0.6 is 0 Å². The second kappa shape index (κ2) is 6.58. The van der Waals surface area contributed by atoms with E-state index in [1.54, 1.807) is 4.57 Å². The molecule has 1 fully saturated rings. The summed E-state index contributed by atoms with van der Waals surface area (Å²) in [5, 5.41) is 12.3. The van der Waals surface area contributed by atoms with Crippen molar-refractivity contribution >= 4 is 5.91 Å². The fourth-order valence-corrected chi connectivity index (χ4v) is 3.62. The van der Waals surface area contributed by atoms with Crippen molar-refractivity contribution < 1.29 is 14.6 Å². The molecule has 0 aliphatic heterocycles. The molecule has 2 N–H and O–H groups in total. The van der Waals surface area contributed by atoms with E-state index < -0.39 is 0 Å². The van der Waals surface area contributed by atoms with Gasteiger partial charge in [0.2, 0.25) is 11.3 Å². The van der Waals surface area contributed by atoms with Crippen LogP contribution in [0.2, 0.25) is 0 Å². The molecule has 0 aromatic carbocycles. The van der Waals surface area contributed by atoms with E-state index in [9.17, 15) is 14.7 Å². The van der Waals surface area contributed by atoms with Gasteiger partial charge in [0.1, 0.15) is 6.54 Å². The van der Waals surface area contributed by atoms with E-state index in [1.807, 2.05) is 0 Å². The van der Waals surface area contributed by atoms with E-state index in [0.717, 1.165) is 6.42 Å². The number of nitrogens with one attached hydrogen (secondary N) is 1. The number of hydrogen-bond acceptors (Lipinski definition) is 4. The number of methoxy groups -OCH3 is 1. The second-order valence-corrected chi connectivity index (χ2v) is 6.33. The molecule has 23 heavy (non-hydrogen) atoms. The number of nitrogens with zero attached hydrogens (tertiary/aromatic N) is 1. The largest absolute Gasteiger partial charge is 0.491 e. The number of carbonyl (C=O) groups is 1. The van der Waals surface area contributed by atoms with Gasteiger partial charge in [-0.05, 0) is 30.6 Å². The number of aromatic nitrogens is 1. The number of rotatable bonds is 6. The van der Waals surface area contributed by atoms with Gasteiger partial charge in [-0.3, -0.25) is 9.59 Å². The molecule has 1 aromatic heterocycles. The highest BCUT2D eigenvalue weighted by molar-refractivity contribution is 5.75. The lowest BCUT2D eigenvalue weighted by Crippen LogP contribution is -2.34. The monoisotopic (exact) mass is 318 g/mol. The Morgan fingerprint density at radius 1 is 1.43 bits per heavy atom. The van der Waals surface area contributed by atoms with Crippen molar-refractivity contribution in [2.45, 2.75) is 26.0 Å². The van der Waals surface area contributed by atoms with Crippen LogP contribution in [0.1, 0.15) is 18.5 Å². The number of ether oxygens (including phenoxy) is 1. The van der Waals surface area contributed by atoms with Gasteiger partial charge in [-0.15, -0.1) is 0 Å². The van der Waals surface area contributed by atoms with Crippen LogP contribution in [0.5, 0.6) is 5.75 Å². The van der Waals surface area contributed by atoms with Gasteiger partial charge in [0.25, 0.3) is 0 Å². The van der Waals surface area contributed by atoms with Gasteiger partial charge in [-0.25, -0.2) is 0 Å². The zero-order valence-corrected chi connectivity index (χ0v) is 13.2. The molecule has 2 bridgehead atoms. The smallest absolute Gasteiger partial charge is 0.239 e. The summed E-state index contributed by atoms with van der Waals surface area (Å²) >= 11 is 0. The van der Waals surface area contributed by atoms with Gasteiger partial charge in [0, 0.05) is 18.3 Å². The Hall–Kier alpha value is -2.08. The Morgan fingerprint density at radius 3 is 2.87 bits per heavy atom. The number of aliphatic hydroxyl groups is 1. The molecule has 3 unspecified atom stereocenters. The number of fused-ring (bicyclic) bond motifs is 2. The molecule has 1 heterocycles. The molecule has 3 atom stereocenters. The highest BCUT2D eigenvalue weighted by Gasteiger charge is 2.35. The molecule has 1 aromatic rings. The van der Waals surface area contributed by atoms with Gasteiger partial charge in [-0.2, -0.15) is 0 Å². The van der Waals surface area contributed by atoms with Crippen molar-refractivity contribution in [3.63, 3.8) is 0 Å². The SMILES string of the molecule is COc1cn(CC(=O)NCC2CC3C=CC2C3)c(CO)cc1=O. The number of aliphatic hydroxyl groups excluding tert-OH is 1. The average Bonchev–Trinajstić information content (AvgIpc) is 3.17. The fourth-order valence-electron chi connectivity index (χ4n) is 3.62. The first kappa shape index (κ1) is 15.8. The topological polar surface area (TPSA) is 80.6 Å². The molecule has 6 nitrogen and oxygen atoms in total. The number of pyridine rings is 1. The van der Waals surface area contributed by atoms with E-state index in [1.165, 1.54) is 25.8 Å². The highest BCUT2D eigenvalue weighted by atomic mass is 16.5. The summed E-state index contributed by atoms with van der Waals surface area (Å²) in [6, 6.07) is 1.30. The molecular formula is C17H22N2O4. The predicted octanol–water partition coefficient (Wildman–Crippen LogP) is 0.678. The molecule has 0 saturated heterocycles. The third-order valence-corrected chi connectivity index (χ3v) is 4.86. The molecule has 1 amide bonds. The Kier molecular flexibility index (Phi) is 4.52. The molecule has 0 spiro atoms. The van der Waals surface area contributed by atoms with E-state index in [4.69, 9.17) is 4.74 Å². The summed E-state index contributed by atoms with van der Waals surface area (Å²) < 4.78 is 6.54. The van der Waals surface area contributed by atoms with Crippen LogP contribution in [0.15, 0.2) is 29.2 Å². The van der Waals surface area contributed by atoms with E-state index in [-0.39, 0.29) is 30.2 Å². The summed E-state index contributed by atoms with van der Waals surface area (Å²) in [4.78, 5) is 23.9. The van der Waals surface area contributed by atoms with Gasteiger partial charge in [0.05, 0.1) is 19.9 Å². The highest BCUT2D eigenvalue weighted by Crippen LogP contribution is 2.42. The van der Waals surface area contributed by atoms with Crippen molar-refractivity contribution in [3.05, 3.63) is 40.3 Å². The molecule has 1 saturated carbocycles. The molecular weight excluding hydrogens is 296 g/mol. The number of amides is 1. The minimum Gasteiger partial charge on any atom is -0.491 e. The van der Waals surface area contributed by atoms with Gasteiger partial charge in [0.15, 0.2) is 5.75 Å². The van der Waals surface area contributed by atoms with Gasteiger partial charge >= 0.3 is 0 Å². The predicted molar refractivity (Wildman–Crippen MR) is 85.0 cm³/mol. The Morgan fingerprint density at radius 2 is 2.26 bits per heavy atom. The van der Waals surface area contributed by atoms with Crippen LogP contribution in [-0.4, -0.2) is 29.2 Å². The molecule has 0 radical (unpaired) electrons. The zero-order chi connectivity index (χ0) is 16.4. The first-order valence-corrected chi connectivity index (χ1v) is 7.94. The summed E-state index contributed by atoms with van der Waals surface area (Å²) in [5.41, 5.74) is 0.0933. The van der Waals surface area contributed by atoms with Crippen LogP contribution in [0.25, 0.3) is 0 Å². The van der Waals surface area contributed by atoms with Crippen LogP contribution in [0.4, 0.5) is 0 Å². The first-order chi connectivity index (χ1) is 11.1. The summed E-state index contributed by atoms with van der Waals surface area (Å²) in [5.74, 6) is 1.84. The maximum atomic E-state index is 12.2. The van der Waals surface area contributed by atoms with Crippen molar-refractivity contribution in [1.82, 2.24) is 9.88 Å². The first-order valence-electron chi connectivity index (χ1n) is 7.94. The minimum atomic E-state index is -0.304. The van der Waals surface area contributed by atoms with Crippen molar-refractivity contribution in [3.8, 4) is 5.75 Å². The number of hydrogen-bond donors (Lipinski definition) is 2. The lowest BCUT2D eigenvalue weighted by molar-refractivity contribution is -0.121. The Bertz CT molecular complexity index is 680. The lowest BCUT2D eigenvalue weighted by atomic mass is 9.94. The van der Waals surface area contributed by atoms with Gasteiger partial charge in [-0.1, -0.05) is 12.2 Å². The van der Waals surface area contributed by atoms with E-state index in [0.29, 0.717) is 30.0 Å².